The molecule has 1 unspecified atom stereocenters. The van der Waals surface area contributed by atoms with E-state index in [9.17, 15) is 10.2 Å². The Morgan fingerprint density at radius 2 is 2.30 bits per heavy atom. The van der Waals surface area contributed by atoms with Crippen LogP contribution in [0.3, 0.4) is 0 Å². The molecule has 0 radical (unpaired) electrons. The topological polar surface area (TPSA) is 65.0 Å². The molecule has 1 aromatic rings. The van der Waals surface area contributed by atoms with Gasteiger partial charge in [0, 0.05) is 31.7 Å². The lowest BCUT2D eigenvalue weighted by atomic mass is 10.0. The second kappa shape index (κ2) is 5.69. The van der Waals surface area contributed by atoms with Crippen LogP contribution in [0.5, 0.6) is 5.75 Å². The number of benzene rings is 1. The molecule has 1 atom stereocenters. The molecule has 0 aromatic heterocycles. The van der Waals surface area contributed by atoms with Crippen LogP contribution in [0.1, 0.15) is 17.5 Å². The predicted octanol–water partition coefficient (Wildman–Crippen LogP) is 0.0977. The van der Waals surface area contributed by atoms with Crippen LogP contribution in [0.4, 0.5) is 0 Å². The van der Waals surface area contributed by atoms with Gasteiger partial charge in [-0.2, -0.15) is 0 Å². The molecule has 1 saturated heterocycles. The number of hydrogen-bond donors (Lipinski definition) is 3. The molecule has 0 spiro atoms. The number of fused-ring (bicyclic) bond motifs is 1. The molecule has 2 aliphatic heterocycles. The van der Waals surface area contributed by atoms with Gasteiger partial charge in [-0.3, -0.25) is 4.90 Å². The van der Waals surface area contributed by atoms with Gasteiger partial charge in [-0.25, -0.2) is 0 Å². The summed E-state index contributed by atoms with van der Waals surface area (Å²) in [5.41, 5.74) is 1.36. The van der Waals surface area contributed by atoms with E-state index in [0.29, 0.717) is 19.7 Å². The molecule has 5 nitrogen and oxygen atoms in total. The minimum Gasteiger partial charge on any atom is -0.492 e. The van der Waals surface area contributed by atoms with E-state index in [1.54, 1.807) is 0 Å². The average molecular weight is 278 g/mol. The van der Waals surface area contributed by atoms with Crippen molar-refractivity contribution in [3.8, 4) is 5.75 Å². The zero-order chi connectivity index (χ0) is 14.0. The van der Waals surface area contributed by atoms with Gasteiger partial charge in [0.15, 0.2) is 0 Å². The van der Waals surface area contributed by atoms with E-state index in [0.717, 1.165) is 42.9 Å². The Morgan fingerprint density at radius 1 is 1.40 bits per heavy atom. The summed E-state index contributed by atoms with van der Waals surface area (Å²) < 4.78 is 5.76. The lowest BCUT2D eigenvalue weighted by Gasteiger charge is -2.29. The minimum absolute atomic E-state index is 0.0428. The molecule has 2 aliphatic rings. The number of aliphatic hydroxyl groups excluding tert-OH is 1. The third kappa shape index (κ3) is 2.96. The molecule has 3 N–H and O–H groups in total. The average Bonchev–Trinajstić information content (AvgIpc) is 2.76. The van der Waals surface area contributed by atoms with Crippen LogP contribution in [-0.4, -0.2) is 53.5 Å². The summed E-state index contributed by atoms with van der Waals surface area (Å²) in [5.74, 6) is 0.890. The molecule has 0 amide bonds. The smallest absolute Gasteiger partial charge is 0.123 e. The zero-order valence-corrected chi connectivity index (χ0v) is 11.6. The van der Waals surface area contributed by atoms with E-state index in [2.05, 4.69) is 10.2 Å². The summed E-state index contributed by atoms with van der Waals surface area (Å²) in [6.07, 6.45) is 0.799. The van der Waals surface area contributed by atoms with Crippen LogP contribution in [0.2, 0.25) is 0 Å². The van der Waals surface area contributed by atoms with Crippen molar-refractivity contribution >= 4 is 0 Å². The maximum atomic E-state index is 10.5. The molecule has 0 bridgehead atoms. The fourth-order valence-electron chi connectivity index (χ4n) is 3.02. The Labute approximate surface area is 119 Å². The third-order valence-corrected chi connectivity index (χ3v) is 4.11. The molecule has 20 heavy (non-hydrogen) atoms. The van der Waals surface area contributed by atoms with Crippen LogP contribution in [0.25, 0.3) is 0 Å². The highest BCUT2D eigenvalue weighted by atomic mass is 16.5. The highest BCUT2D eigenvalue weighted by Crippen LogP contribution is 2.26. The van der Waals surface area contributed by atoms with Gasteiger partial charge in [0.2, 0.25) is 0 Å². The van der Waals surface area contributed by atoms with E-state index < -0.39 is 5.60 Å². The summed E-state index contributed by atoms with van der Waals surface area (Å²) in [6.45, 7) is 4.44. The fraction of sp³-hybridized carbons (Fsp3) is 0.600. The second-order valence-electron chi connectivity index (χ2n) is 5.81. The highest BCUT2D eigenvalue weighted by molar-refractivity contribution is 5.37. The van der Waals surface area contributed by atoms with Crippen molar-refractivity contribution in [2.24, 2.45) is 0 Å². The standard InChI is InChI=1S/C15H22N2O3/c18-9-12-1-2-14-13(7-12)8-17(5-6-20-14)11-15(19)3-4-16-10-15/h1-2,7,16,18-19H,3-6,8-11H2. The maximum Gasteiger partial charge on any atom is 0.123 e. The molecule has 110 valence electrons. The molecular weight excluding hydrogens is 256 g/mol. The van der Waals surface area contributed by atoms with Gasteiger partial charge in [-0.15, -0.1) is 0 Å². The maximum absolute atomic E-state index is 10.5. The number of aliphatic hydroxyl groups is 2. The predicted molar refractivity (Wildman–Crippen MR) is 75.6 cm³/mol. The largest absolute Gasteiger partial charge is 0.492 e. The van der Waals surface area contributed by atoms with E-state index in [4.69, 9.17) is 4.74 Å². The van der Waals surface area contributed by atoms with Crippen molar-refractivity contribution in [1.82, 2.24) is 10.2 Å². The Kier molecular flexibility index (Phi) is 3.94. The number of rotatable bonds is 3. The summed E-state index contributed by atoms with van der Waals surface area (Å²) in [4.78, 5) is 2.24. The Hall–Kier alpha value is -1.14. The molecule has 0 aliphatic carbocycles. The lowest BCUT2D eigenvalue weighted by molar-refractivity contribution is 0.0172. The molecule has 1 fully saturated rings. The quantitative estimate of drug-likeness (QED) is 0.732. The first-order valence-corrected chi connectivity index (χ1v) is 7.19. The Bertz CT molecular complexity index is 472. The van der Waals surface area contributed by atoms with E-state index >= 15 is 0 Å². The van der Waals surface area contributed by atoms with Gasteiger partial charge in [0.05, 0.1) is 12.2 Å². The van der Waals surface area contributed by atoms with Gasteiger partial charge in [-0.05, 0) is 30.7 Å². The highest BCUT2D eigenvalue weighted by Gasteiger charge is 2.33. The molecular formula is C15H22N2O3. The van der Waals surface area contributed by atoms with Crippen molar-refractivity contribution in [2.75, 3.05) is 32.8 Å². The number of nitrogens with one attached hydrogen (secondary N) is 1. The van der Waals surface area contributed by atoms with Crippen LogP contribution >= 0.6 is 0 Å². The van der Waals surface area contributed by atoms with Gasteiger partial charge in [-0.1, -0.05) is 6.07 Å². The van der Waals surface area contributed by atoms with E-state index in [-0.39, 0.29) is 6.61 Å². The van der Waals surface area contributed by atoms with Crippen molar-refractivity contribution in [2.45, 2.75) is 25.2 Å². The number of nitrogens with zero attached hydrogens (tertiary/aromatic N) is 1. The van der Waals surface area contributed by atoms with Gasteiger partial charge in [0.25, 0.3) is 0 Å². The summed E-state index contributed by atoms with van der Waals surface area (Å²) >= 11 is 0. The van der Waals surface area contributed by atoms with Crippen LogP contribution in [0.15, 0.2) is 18.2 Å². The summed E-state index contributed by atoms with van der Waals surface area (Å²) in [5, 5.41) is 23.0. The summed E-state index contributed by atoms with van der Waals surface area (Å²) in [7, 11) is 0. The monoisotopic (exact) mass is 278 g/mol. The first kappa shape index (κ1) is 13.8. The molecule has 1 aromatic carbocycles. The number of β-amino-alcohol motifs (C(OH)–C–C–N with tert-alkyl or cyclic N) is 1. The second-order valence-corrected chi connectivity index (χ2v) is 5.81. The first-order chi connectivity index (χ1) is 9.68. The van der Waals surface area contributed by atoms with Crippen molar-refractivity contribution in [3.05, 3.63) is 29.3 Å². The molecule has 5 heteroatoms. The van der Waals surface area contributed by atoms with Crippen LogP contribution in [0, 0.1) is 0 Å². The molecule has 2 heterocycles. The van der Waals surface area contributed by atoms with Gasteiger partial charge >= 0.3 is 0 Å². The van der Waals surface area contributed by atoms with Crippen molar-refractivity contribution in [1.29, 1.82) is 0 Å². The minimum atomic E-state index is -0.626. The van der Waals surface area contributed by atoms with Crippen LogP contribution < -0.4 is 10.1 Å². The van der Waals surface area contributed by atoms with E-state index in [1.165, 1.54) is 0 Å². The van der Waals surface area contributed by atoms with Gasteiger partial charge < -0.3 is 20.3 Å². The molecule has 3 rings (SSSR count). The zero-order valence-electron chi connectivity index (χ0n) is 11.6. The SMILES string of the molecule is OCc1ccc2c(c1)CN(CC1(O)CCNC1)CCO2. The van der Waals surface area contributed by atoms with Crippen molar-refractivity contribution < 1.29 is 14.9 Å². The van der Waals surface area contributed by atoms with Crippen LogP contribution in [-0.2, 0) is 13.2 Å². The lowest BCUT2D eigenvalue weighted by Crippen LogP contribution is -2.45. The normalized spacial score (nSPS) is 26.9. The Morgan fingerprint density at radius 3 is 3.05 bits per heavy atom. The number of ether oxygens (including phenoxy) is 1. The Balaban J connectivity index is 1.74. The summed E-state index contributed by atoms with van der Waals surface area (Å²) in [6, 6.07) is 5.81. The molecule has 0 saturated carbocycles. The third-order valence-electron chi connectivity index (χ3n) is 4.11. The first-order valence-electron chi connectivity index (χ1n) is 7.19. The fourth-order valence-corrected chi connectivity index (χ4v) is 3.02. The van der Waals surface area contributed by atoms with E-state index in [1.807, 2.05) is 18.2 Å². The van der Waals surface area contributed by atoms with Crippen molar-refractivity contribution in [3.63, 3.8) is 0 Å². The van der Waals surface area contributed by atoms with Gasteiger partial charge in [0.1, 0.15) is 12.4 Å². The number of hydrogen-bond acceptors (Lipinski definition) is 5.